The number of benzene rings is 3. The number of H-pyrrole nitrogens is 1. The molecule has 0 aliphatic rings. The van der Waals surface area contributed by atoms with Gasteiger partial charge in [-0.2, -0.15) is 0 Å². The molecule has 0 saturated carbocycles. The minimum absolute atomic E-state index is 0.0191. The number of hydrogen-bond donors (Lipinski definition) is 1. The highest BCUT2D eigenvalue weighted by molar-refractivity contribution is 6.06. The number of anilines is 1. The van der Waals surface area contributed by atoms with Gasteiger partial charge in [0, 0.05) is 28.9 Å². The van der Waals surface area contributed by atoms with Crippen LogP contribution in [-0.4, -0.2) is 22.4 Å². The summed E-state index contributed by atoms with van der Waals surface area (Å²) in [7, 11) is 0. The number of nitro groups is 1. The number of nitrogens with one attached hydrogen (secondary N) is 1. The van der Waals surface area contributed by atoms with Crippen LogP contribution in [0.3, 0.4) is 0 Å². The summed E-state index contributed by atoms with van der Waals surface area (Å²) in [5, 5.41) is 12.1. The minimum Gasteiger partial charge on any atom is -0.494 e. The highest BCUT2D eigenvalue weighted by Gasteiger charge is 2.22. The Morgan fingerprint density at radius 1 is 1.06 bits per heavy atom. The molecule has 0 radical (unpaired) electrons. The fourth-order valence-electron chi connectivity index (χ4n) is 3.79. The lowest BCUT2D eigenvalue weighted by Crippen LogP contribution is -2.33. The average molecular weight is 457 g/mol. The van der Waals surface area contributed by atoms with Crippen molar-refractivity contribution in [3.05, 3.63) is 110 Å². The Kier molecular flexibility index (Phi) is 6.40. The predicted molar refractivity (Wildman–Crippen MR) is 131 cm³/mol. The van der Waals surface area contributed by atoms with Gasteiger partial charge in [0.05, 0.1) is 23.6 Å². The van der Waals surface area contributed by atoms with E-state index in [4.69, 9.17) is 4.74 Å². The van der Waals surface area contributed by atoms with Crippen LogP contribution in [0, 0.1) is 17.0 Å². The van der Waals surface area contributed by atoms with Crippen LogP contribution in [0.25, 0.3) is 10.9 Å². The smallest absolute Gasteiger partial charge is 0.270 e. The molecule has 8 heteroatoms. The first kappa shape index (κ1) is 22.7. The van der Waals surface area contributed by atoms with Crippen molar-refractivity contribution in [3.63, 3.8) is 0 Å². The van der Waals surface area contributed by atoms with Crippen molar-refractivity contribution in [2.45, 2.75) is 20.4 Å². The fourth-order valence-corrected chi connectivity index (χ4v) is 3.79. The number of carbonyl (C=O) groups excluding carboxylic acids is 1. The predicted octanol–water partition coefficient (Wildman–Crippen LogP) is 4.99. The van der Waals surface area contributed by atoms with Crippen molar-refractivity contribution >= 4 is 28.2 Å². The normalized spacial score (nSPS) is 10.8. The number of fused-ring (bicyclic) bond motifs is 1. The van der Waals surface area contributed by atoms with E-state index in [1.807, 2.05) is 32.0 Å². The Hall–Kier alpha value is -4.46. The van der Waals surface area contributed by atoms with E-state index in [-0.39, 0.29) is 23.4 Å². The molecule has 0 bridgehead atoms. The maximum absolute atomic E-state index is 13.5. The second-order valence-electron chi connectivity index (χ2n) is 7.79. The van der Waals surface area contributed by atoms with Crippen LogP contribution < -0.4 is 15.2 Å². The lowest BCUT2D eigenvalue weighted by Gasteiger charge is -2.23. The van der Waals surface area contributed by atoms with Gasteiger partial charge in [-0.1, -0.05) is 24.3 Å². The van der Waals surface area contributed by atoms with Crippen molar-refractivity contribution < 1.29 is 14.5 Å². The molecular weight excluding hydrogens is 434 g/mol. The third kappa shape index (κ3) is 4.66. The number of amides is 1. The molecule has 1 N–H and O–H groups in total. The van der Waals surface area contributed by atoms with Crippen LogP contribution in [0.1, 0.15) is 28.4 Å². The minimum atomic E-state index is -0.547. The summed E-state index contributed by atoms with van der Waals surface area (Å²) in [5.41, 5.74) is 2.28. The SMILES string of the molecule is CCOc1ccc(N(Cc2cc3cccc(C)c3[nH]c2=O)C(=O)c2cccc([N+](=O)[O-])c2)cc1. The zero-order chi connectivity index (χ0) is 24.2. The molecule has 3 aromatic carbocycles. The van der Waals surface area contributed by atoms with E-state index < -0.39 is 10.8 Å². The molecule has 1 heterocycles. The summed E-state index contributed by atoms with van der Waals surface area (Å²) in [4.78, 5) is 41.4. The molecule has 0 aliphatic carbocycles. The van der Waals surface area contributed by atoms with Crippen molar-refractivity contribution in [1.82, 2.24) is 4.98 Å². The maximum Gasteiger partial charge on any atom is 0.270 e. The molecule has 0 spiro atoms. The average Bonchev–Trinajstić information content (AvgIpc) is 2.84. The molecule has 4 rings (SSSR count). The molecule has 1 aromatic heterocycles. The van der Waals surface area contributed by atoms with E-state index in [1.165, 1.54) is 29.2 Å². The number of para-hydroxylation sites is 1. The van der Waals surface area contributed by atoms with Crippen molar-refractivity contribution in [1.29, 1.82) is 0 Å². The number of carbonyl (C=O) groups is 1. The van der Waals surface area contributed by atoms with E-state index >= 15 is 0 Å². The topological polar surface area (TPSA) is 106 Å². The lowest BCUT2D eigenvalue weighted by molar-refractivity contribution is -0.384. The van der Waals surface area contributed by atoms with Crippen LogP contribution >= 0.6 is 0 Å². The summed E-state index contributed by atoms with van der Waals surface area (Å²) in [5.74, 6) is 0.185. The first-order valence-electron chi connectivity index (χ1n) is 10.8. The van der Waals surface area contributed by atoms with E-state index in [0.717, 1.165) is 16.5 Å². The van der Waals surface area contributed by atoms with Crippen molar-refractivity contribution in [2.75, 3.05) is 11.5 Å². The Labute approximate surface area is 195 Å². The first-order valence-corrected chi connectivity index (χ1v) is 10.8. The van der Waals surface area contributed by atoms with Gasteiger partial charge in [-0.05, 0) is 61.2 Å². The largest absolute Gasteiger partial charge is 0.494 e. The Bertz CT molecular complexity index is 1430. The number of aryl methyl sites for hydroxylation is 1. The summed E-state index contributed by atoms with van der Waals surface area (Å²) < 4.78 is 5.49. The fraction of sp³-hybridized carbons (Fsp3) is 0.154. The maximum atomic E-state index is 13.5. The molecule has 1 amide bonds. The second-order valence-corrected chi connectivity index (χ2v) is 7.79. The number of non-ortho nitro benzene ring substituents is 1. The molecule has 0 fully saturated rings. The van der Waals surface area contributed by atoms with Gasteiger partial charge in [0.15, 0.2) is 0 Å². The zero-order valence-corrected chi connectivity index (χ0v) is 18.8. The molecule has 0 atom stereocenters. The summed E-state index contributed by atoms with van der Waals surface area (Å²) >= 11 is 0. The molecule has 0 unspecified atom stereocenters. The van der Waals surface area contributed by atoms with Gasteiger partial charge in [-0.15, -0.1) is 0 Å². The third-order valence-corrected chi connectivity index (χ3v) is 5.50. The highest BCUT2D eigenvalue weighted by Crippen LogP contribution is 2.25. The number of aromatic nitrogens is 1. The van der Waals surface area contributed by atoms with E-state index in [1.54, 1.807) is 30.3 Å². The van der Waals surface area contributed by atoms with Crippen molar-refractivity contribution in [2.24, 2.45) is 0 Å². The molecule has 4 aromatic rings. The van der Waals surface area contributed by atoms with Gasteiger partial charge in [-0.3, -0.25) is 19.7 Å². The van der Waals surface area contributed by atoms with Crippen LogP contribution in [0.2, 0.25) is 0 Å². The quantitative estimate of drug-likeness (QED) is 0.311. The summed E-state index contributed by atoms with van der Waals surface area (Å²) in [6.07, 6.45) is 0. The molecule has 8 nitrogen and oxygen atoms in total. The van der Waals surface area contributed by atoms with Crippen LogP contribution in [0.4, 0.5) is 11.4 Å². The number of aromatic amines is 1. The van der Waals surface area contributed by atoms with Gasteiger partial charge in [0.2, 0.25) is 0 Å². The van der Waals surface area contributed by atoms with Crippen LogP contribution in [-0.2, 0) is 6.54 Å². The molecule has 0 aliphatic heterocycles. The Balaban J connectivity index is 1.78. The number of nitrogens with zero attached hydrogens (tertiary/aromatic N) is 2. The summed E-state index contributed by atoms with van der Waals surface area (Å²) in [6.45, 7) is 4.27. The number of hydrogen-bond acceptors (Lipinski definition) is 5. The second kappa shape index (κ2) is 9.58. The first-order chi connectivity index (χ1) is 16.4. The highest BCUT2D eigenvalue weighted by atomic mass is 16.6. The number of nitro benzene ring substituents is 1. The van der Waals surface area contributed by atoms with Gasteiger partial charge in [0.1, 0.15) is 5.75 Å². The van der Waals surface area contributed by atoms with E-state index in [9.17, 15) is 19.7 Å². The Morgan fingerprint density at radius 3 is 2.50 bits per heavy atom. The lowest BCUT2D eigenvalue weighted by atomic mass is 10.1. The standard InChI is InChI=1S/C26H23N3O5/c1-3-34-23-12-10-21(11-13-23)28(26(31)19-8-5-9-22(15-19)29(32)33)16-20-14-18-7-4-6-17(2)24(18)27-25(20)30/h4-15H,3,16H2,1-2H3,(H,27,30). The van der Waals surface area contributed by atoms with Gasteiger partial charge < -0.3 is 14.6 Å². The van der Waals surface area contributed by atoms with Crippen LogP contribution in [0.15, 0.2) is 77.6 Å². The molecular formula is C26H23N3O5. The molecule has 34 heavy (non-hydrogen) atoms. The van der Waals surface area contributed by atoms with Crippen molar-refractivity contribution in [3.8, 4) is 5.75 Å². The van der Waals surface area contributed by atoms with Gasteiger partial charge in [0.25, 0.3) is 17.2 Å². The number of rotatable bonds is 7. The monoisotopic (exact) mass is 457 g/mol. The van der Waals surface area contributed by atoms with E-state index in [2.05, 4.69) is 4.98 Å². The number of ether oxygens (including phenoxy) is 1. The van der Waals surface area contributed by atoms with Gasteiger partial charge in [-0.25, -0.2) is 0 Å². The zero-order valence-electron chi connectivity index (χ0n) is 18.8. The van der Waals surface area contributed by atoms with E-state index in [0.29, 0.717) is 23.6 Å². The van der Waals surface area contributed by atoms with Gasteiger partial charge >= 0.3 is 0 Å². The summed E-state index contributed by atoms with van der Waals surface area (Å²) in [6, 6.07) is 19.9. The Morgan fingerprint density at radius 2 is 1.79 bits per heavy atom. The van der Waals surface area contributed by atoms with Crippen LogP contribution in [0.5, 0.6) is 5.75 Å². The third-order valence-electron chi connectivity index (χ3n) is 5.50. The number of pyridine rings is 1. The molecule has 0 saturated heterocycles. The molecule has 172 valence electrons.